The van der Waals surface area contributed by atoms with E-state index in [0.29, 0.717) is 6.04 Å². The summed E-state index contributed by atoms with van der Waals surface area (Å²) in [7, 11) is 0. The second-order valence-electron chi connectivity index (χ2n) is 9.19. The quantitative estimate of drug-likeness (QED) is 0.499. The average Bonchev–Trinajstić information content (AvgIpc) is 3.51. The number of hydrogen-bond donors (Lipinski definition) is 1. The van der Waals surface area contributed by atoms with Crippen molar-refractivity contribution in [2.75, 3.05) is 36.0 Å². The number of fused-ring (bicyclic) bond motifs is 1. The predicted octanol–water partition coefficient (Wildman–Crippen LogP) is 4.07. The van der Waals surface area contributed by atoms with Gasteiger partial charge in [0.15, 0.2) is 5.65 Å². The molecule has 6 rings (SSSR count). The van der Waals surface area contributed by atoms with Crippen LogP contribution in [0.1, 0.15) is 31.4 Å². The SMILES string of the molecule is CC1CN(c2cccc(-c3cnc4ccc(N5CCC[C@@H]5c5cccc(F)c5)nn34)n2)CCN1. The van der Waals surface area contributed by atoms with Crippen LogP contribution in [0, 0.1) is 5.82 Å². The molecule has 1 aromatic carbocycles. The highest BCUT2D eigenvalue weighted by Gasteiger charge is 2.28. The molecule has 0 spiro atoms. The molecule has 174 valence electrons. The first-order chi connectivity index (χ1) is 16.7. The monoisotopic (exact) mass is 457 g/mol. The fourth-order valence-electron chi connectivity index (χ4n) is 5.18. The van der Waals surface area contributed by atoms with E-state index < -0.39 is 0 Å². The summed E-state index contributed by atoms with van der Waals surface area (Å²) in [6.45, 7) is 5.91. The molecule has 5 heterocycles. The Bertz CT molecular complexity index is 1320. The van der Waals surface area contributed by atoms with Gasteiger partial charge in [-0.2, -0.15) is 0 Å². The van der Waals surface area contributed by atoms with Gasteiger partial charge in [-0.3, -0.25) is 0 Å². The summed E-state index contributed by atoms with van der Waals surface area (Å²) in [6.07, 6.45) is 3.86. The first-order valence-electron chi connectivity index (χ1n) is 12.0. The Morgan fingerprint density at radius 1 is 1.03 bits per heavy atom. The van der Waals surface area contributed by atoms with E-state index in [4.69, 9.17) is 10.1 Å². The Labute approximate surface area is 198 Å². The highest BCUT2D eigenvalue weighted by Crippen LogP contribution is 2.35. The van der Waals surface area contributed by atoms with Crippen molar-refractivity contribution in [3.63, 3.8) is 0 Å². The maximum Gasteiger partial charge on any atom is 0.154 e. The Balaban J connectivity index is 1.35. The van der Waals surface area contributed by atoms with Gasteiger partial charge in [-0.1, -0.05) is 18.2 Å². The molecule has 0 amide bonds. The Morgan fingerprint density at radius 2 is 1.94 bits per heavy atom. The molecule has 2 aliphatic heterocycles. The molecule has 7 nitrogen and oxygen atoms in total. The normalized spacial score (nSPS) is 20.9. The van der Waals surface area contributed by atoms with Crippen molar-refractivity contribution in [3.05, 3.63) is 72.2 Å². The largest absolute Gasteiger partial charge is 0.354 e. The molecule has 1 unspecified atom stereocenters. The number of nitrogens with zero attached hydrogens (tertiary/aromatic N) is 6. The number of nitrogens with one attached hydrogen (secondary N) is 1. The Kier molecular flexibility index (Phi) is 5.37. The van der Waals surface area contributed by atoms with Crippen LogP contribution in [0.2, 0.25) is 0 Å². The van der Waals surface area contributed by atoms with Crippen LogP contribution in [0.25, 0.3) is 17.0 Å². The third kappa shape index (κ3) is 3.88. The van der Waals surface area contributed by atoms with E-state index in [2.05, 4.69) is 33.1 Å². The van der Waals surface area contributed by atoms with Crippen molar-refractivity contribution in [1.29, 1.82) is 0 Å². The summed E-state index contributed by atoms with van der Waals surface area (Å²) in [5.74, 6) is 1.64. The number of pyridine rings is 1. The van der Waals surface area contributed by atoms with E-state index in [1.54, 1.807) is 12.1 Å². The van der Waals surface area contributed by atoms with Crippen molar-refractivity contribution in [2.24, 2.45) is 0 Å². The van der Waals surface area contributed by atoms with Crippen LogP contribution < -0.4 is 15.1 Å². The molecule has 2 atom stereocenters. The van der Waals surface area contributed by atoms with Crippen LogP contribution in [0.3, 0.4) is 0 Å². The first kappa shape index (κ1) is 21.0. The number of aromatic nitrogens is 4. The average molecular weight is 458 g/mol. The van der Waals surface area contributed by atoms with Crippen LogP contribution >= 0.6 is 0 Å². The number of rotatable bonds is 4. The predicted molar refractivity (Wildman–Crippen MR) is 132 cm³/mol. The zero-order valence-corrected chi connectivity index (χ0v) is 19.2. The van der Waals surface area contributed by atoms with Crippen LogP contribution in [0.4, 0.5) is 16.0 Å². The molecule has 0 bridgehead atoms. The van der Waals surface area contributed by atoms with Crippen LogP contribution in [-0.4, -0.2) is 51.8 Å². The highest BCUT2D eigenvalue weighted by atomic mass is 19.1. The fraction of sp³-hybridized carbons (Fsp3) is 0.346. The van der Waals surface area contributed by atoms with Gasteiger partial charge < -0.3 is 15.1 Å². The molecular weight excluding hydrogens is 429 g/mol. The number of hydrogen-bond acceptors (Lipinski definition) is 6. The van der Waals surface area contributed by atoms with Gasteiger partial charge >= 0.3 is 0 Å². The van der Waals surface area contributed by atoms with Crippen molar-refractivity contribution in [2.45, 2.75) is 31.8 Å². The van der Waals surface area contributed by atoms with E-state index in [9.17, 15) is 4.39 Å². The zero-order valence-electron chi connectivity index (χ0n) is 19.2. The minimum atomic E-state index is -0.200. The van der Waals surface area contributed by atoms with Crippen molar-refractivity contribution in [1.82, 2.24) is 24.9 Å². The first-order valence-corrected chi connectivity index (χ1v) is 12.0. The van der Waals surface area contributed by atoms with Gasteiger partial charge in [0.25, 0.3) is 0 Å². The third-order valence-electron chi connectivity index (χ3n) is 6.82. The standard InChI is InChI=1S/C26H28FN7/c1-18-17-32(14-12-28-18)25-9-3-7-21(30-25)23-16-29-24-10-11-26(31-34(23)24)33-13-4-8-22(33)19-5-2-6-20(27)15-19/h2-3,5-7,9-11,15-16,18,22,28H,4,8,12-14,17H2,1H3/t18?,22-/m1/s1. The summed E-state index contributed by atoms with van der Waals surface area (Å²) in [6, 6.07) is 17.6. The smallest absolute Gasteiger partial charge is 0.154 e. The van der Waals surface area contributed by atoms with Gasteiger partial charge in [0.2, 0.25) is 0 Å². The molecule has 2 fully saturated rings. The van der Waals surface area contributed by atoms with Gasteiger partial charge in [0.05, 0.1) is 17.9 Å². The lowest BCUT2D eigenvalue weighted by atomic mass is 10.0. The molecule has 3 aromatic heterocycles. The van der Waals surface area contributed by atoms with Crippen LogP contribution in [0.15, 0.2) is 60.8 Å². The van der Waals surface area contributed by atoms with Crippen LogP contribution in [0.5, 0.6) is 0 Å². The minimum absolute atomic E-state index is 0.115. The van der Waals surface area contributed by atoms with E-state index in [1.807, 2.05) is 41.0 Å². The summed E-state index contributed by atoms with van der Waals surface area (Å²) in [4.78, 5) is 14.1. The Morgan fingerprint density at radius 3 is 2.82 bits per heavy atom. The lowest BCUT2D eigenvalue weighted by Crippen LogP contribution is -2.49. The van der Waals surface area contributed by atoms with E-state index >= 15 is 0 Å². The van der Waals surface area contributed by atoms with Crippen molar-refractivity contribution in [3.8, 4) is 11.4 Å². The molecule has 0 radical (unpaired) electrons. The molecule has 34 heavy (non-hydrogen) atoms. The molecule has 2 saturated heterocycles. The lowest BCUT2D eigenvalue weighted by Gasteiger charge is -2.32. The van der Waals surface area contributed by atoms with Gasteiger partial charge in [-0.05, 0) is 61.7 Å². The molecule has 0 aliphatic carbocycles. The maximum absolute atomic E-state index is 13.9. The topological polar surface area (TPSA) is 61.6 Å². The number of halogens is 1. The van der Waals surface area contributed by atoms with Gasteiger partial charge in [-0.15, -0.1) is 5.10 Å². The number of benzene rings is 1. The molecule has 1 N–H and O–H groups in total. The molecular formula is C26H28FN7. The van der Waals surface area contributed by atoms with E-state index in [1.165, 1.54) is 6.07 Å². The van der Waals surface area contributed by atoms with E-state index in [-0.39, 0.29) is 11.9 Å². The van der Waals surface area contributed by atoms with Crippen LogP contribution in [-0.2, 0) is 0 Å². The van der Waals surface area contributed by atoms with Gasteiger partial charge in [0.1, 0.15) is 23.1 Å². The number of piperazine rings is 1. The fourth-order valence-corrected chi connectivity index (χ4v) is 5.18. The second kappa shape index (κ2) is 8.68. The maximum atomic E-state index is 13.9. The van der Waals surface area contributed by atoms with Gasteiger partial charge in [0, 0.05) is 32.2 Å². The lowest BCUT2D eigenvalue weighted by molar-refractivity contribution is 0.482. The number of anilines is 2. The Hall–Kier alpha value is -3.52. The summed E-state index contributed by atoms with van der Waals surface area (Å²) in [5, 5.41) is 8.45. The van der Waals surface area contributed by atoms with Gasteiger partial charge in [-0.25, -0.2) is 18.9 Å². The van der Waals surface area contributed by atoms with Crippen molar-refractivity contribution < 1.29 is 4.39 Å². The second-order valence-corrected chi connectivity index (χ2v) is 9.19. The van der Waals surface area contributed by atoms with E-state index in [0.717, 1.165) is 73.3 Å². The summed E-state index contributed by atoms with van der Waals surface area (Å²) < 4.78 is 15.8. The molecule has 4 aromatic rings. The summed E-state index contributed by atoms with van der Waals surface area (Å²) >= 11 is 0. The molecule has 0 saturated carbocycles. The molecule has 8 heteroatoms. The van der Waals surface area contributed by atoms with Crippen molar-refractivity contribution >= 4 is 17.3 Å². The highest BCUT2D eigenvalue weighted by molar-refractivity contribution is 5.62. The third-order valence-corrected chi connectivity index (χ3v) is 6.82. The number of imidazole rings is 1. The summed E-state index contributed by atoms with van der Waals surface area (Å²) in [5.41, 5.74) is 3.49. The minimum Gasteiger partial charge on any atom is -0.354 e. The molecule has 2 aliphatic rings. The zero-order chi connectivity index (χ0) is 23.1.